The molecule has 1 aromatic heterocycles. The van der Waals surface area contributed by atoms with E-state index >= 15 is 0 Å². The van der Waals surface area contributed by atoms with Crippen molar-refractivity contribution in [1.29, 1.82) is 0 Å². The van der Waals surface area contributed by atoms with Crippen molar-refractivity contribution >= 4 is 92.7 Å². The maximum absolute atomic E-state index is 2.49. The molecular weight excluding hydrogens is 701 g/mol. The molecule has 270 valence electrons. The zero-order chi connectivity index (χ0) is 38.2. The zero-order valence-electron chi connectivity index (χ0n) is 31.7. The number of nitrogens with zero attached hydrogens (tertiary/aromatic N) is 2. The van der Waals surface area contributed by atoms with Gasteiger partial charge >= 0.3 is 0 Å². The second-order valence-electron chi connectivity index (χ2n) is 15.3. The van der Waals surface area contributed by atoms with E-state index in [0.29, 0.717) is 0 Å². The summed E-state index contributed by atoms with van der Waals surface area (Å²) in [5.41, 5.74) is 9.23. The van der Waals surface area contributed by atoms with Crippen LogP contribution >= 0.6 is 0 Å². The lowest BCUT2D eigenvalue weighted by Gasteiger charge is -2.28. The van der Waals surface area contributed by atoms with Crippen LogP contribution in [0.25, 0.3) is 92.5 Å². The maximum Gasteiger partial charge on any atom is 0.0782 e. The summed E-state index contributed by atoms with van der Waals surface area (Å²) in [4.78, 5) is 2.49. The first-order chi connectivity index (χ1) is 28.8. The first-order valence-electron chi connectivity index (χ1n) is 20.0. The number of para-hydroxylation sites is 3. The molecule has 2 heteroatoms. The van der Waals surface area contributed by atoms with E-state index in [1.54, 1.807) is 0 Å². The molecule has 2 nitrogen and oxygen atoms in total. The summed E-state index contributed by atoms with van der Waals surface area (Å²) in [6.45, 7) is 0. The Labute approximate surface area is 336 Å². The summed E-state index contributed by atoms with van der Waals surface area (Å²) in [5.74, 6) is 0. The molecule has 1 heterocycles. The van der Waals surface area contributed by atoms with Crippen LogP contribution < -0.4 is 4.90 Å². The van der Waals surface area contributed by atoms with Crippen LogP contribution in [0.1, 0.15) is 0 Å². The maximum atomic E-state index is 2.49. The SMILES string of the molecule is c1ccc(-c2cc3ccccc3c3ccc(N(c4ccc5ccc6c7ccccc7ccc6c5c4)c4cccc5c6ccccc6n(-c6ccccc6)c45)cc23)cc1. The van der Waals surface area contributed by atoms with Crippen molar-refractivity contribution < 1.29 is 0 Å². The largest absolute Gasteiger partial charge is 0.308 e. The third-order valence-corrected chi connectivity index (χ3v) is 12.1. The van der Waals surface area contributed by atoms with Gasteiger partial charge in [-0.15, -0.1) is 0 Å². The van der Waals surface area contributed by atoms with Crippen molar-refractivity contribution in [3.8, 4) is 16.8 Å². The normalized spacial score (nSPS) is 11.8. The number of anilines is 3. The highest BCUT2D eigenvalue weighted by Gasteiger charge is 2.23. The van der Waals surface area contributed by atoms with Gasteiger partial charge in [-0.25, -0.2) is 0 Å². The Balaban J connectivity index is 1.20. The lowest BCUT2D eigenvalue weighted by molar-refractivity contribution is 1.17. The van der Waals surface area contributed by atoms with E-state index in [-0.39, 0.29) is 0 Å². The Kier molecular flexibility index (Phi) is 7.26. The van der Waals surface area contributed by atoms with E-state index in [0.717, 1.165) is 22.7 Å². The third-order valence-electron chi connectivity index (χ3n) is 12.1. The van der Waals surface area contributed by atoms with Gasteiger partial charge in [0.1, 0.15) is 0 Å². The number of fused-ring (bicyclic) bond motifs is 11. The highest BCUT2D eigenvalue weighted by Crippen LogP contribution is 2.46. The fourth-order valence-corrected chi connectivity index (χ4v) is 9.49. The summed E-state index contributed by atoms with van der Waals surface area (Å²) in [5, 5.41) is 14.9. The van der Waals surface area contributed by atoms with Gasteiger partial charge in [-0.2, -0.15) is 0 Å². The smallest absolute Gasteiger partial charge is 0.0782 e. The predicted molar refractivity (Wildman–Crippen MR) is 248 cm³/mol. The molecule has 0 spiro atoms. The molecule has 0 aliphatic rings. The van der Waals surface area contributed by atoms with Crippen LogP contribution in [0.3, 0.4) is 0 Å². The molecule has 0 bridgehead atoms. The van der Waals surface area contributed by atoms with E-state index in [9.17, 15) is 0 Å². The van der Waals surface area contributed by atoms with Crippen LogP contribution in [0.4, 0.5) is 17.1 Å². The molecule has 0 saturated heterocycles. The number of rotatable bonds is 5. The van der Waals surface area contributed by atoms with Crippen LogP contribution in [-0.4, -0.2) is 4.57 Å². The van der Waals surface area contributed by atoms with Gasteiger partial charge in [0.05, 0.1) is 16.7 Å². The highest BCUT2D eigenvalue weighted by molar-refractivity contribution is 6.20. The number of benzene rings is 11. The Morgan fingerprint density at radius 1 is 0.310 bits per heavy atom. The highest BCUT2D eigenvalue weighted by atomic mass is 15.2. The van der Waals surface area contributed by atoms with E-state index in [1.807, 2.05) is 0 Å². The van der Waals surface area contributed by atoms with Crippen LogP contribution in [0.2, 0.25) is 0 Å². The van der Waals surface area contributed by atoms with Crippen molar-refractivity contribution in [2.45, 2.75) is 0 Å². The van der Waals surface area contributed by atoms with Crippen LogP contribution in [0, 0.1) is 0 Å². The first-order valence-corrected chi connectivity index (χ1v) is 20.0. The summed E-state index contributed by atoms with van der Waals surface area (Å²) in [6, 6.07) is 80.2. The van der Waals surface area contributed by atoms with Gasteiger partial charge in [0.2, 0.25) is 0 Å². The van der Waals surface area contributed by atoms with E-state index in [1.165, 1.54) is 86.8 Å². The average Bonchev–Trinajstić information content (AvgIpc) is 3.64. The molecule has 0 fully saturated rings. The molecule has 0 N–H and O–H groups in total. The Hall–Kier alpha value is -7.68. The number of aromatic nitrogens is 1. The minimum Gasteiger partial charge on any atom is -0.308 e. The molecule has 0 unspecified atom stereocenters. The van der Waals surface area contributed by atoms with Crippen molar-refractivity contribution in [1.82, 2.24) is 4.57 Å². The molecular formula is C56H36N2. The minimum atomic E-state index is 1.10. The van der Waals surface area contributed by atoms with Crippen molar-refractivity contribution in [2.24, 2.45) is 0 Å². The van der Waals surface area contributed by atoms with Gasteiger partial charge in [-0.1, -0.05) is 164 Å². The van der Waals surface area contributed by atoms with Gasteiger partial charge in [0, 0.05) is 27.8 Å². The molecule has 0 amide bonds. The van der Waals surface area contributed by atoms with Gasteiger partial charge in [0.25, 0.3) is 0 Å². The van der Waals surface area contributed by atoms with Gasteiger partial charge in [-0.3, -0.25) is 0 Å². The summed E-state index contributed by atoms with van der Waals surface area (Å²) < 4.78 is 2.44. The fourth-order valence-electron chi connectivity index (χ4n) is 9.49. The summed E-state index contributed by atoms with van der Waals surface area (Å²) in [6.07, 6.45) is 0. The molecule has 12 rings (SSSR count). The molecule has 0 atom stereocenters. The minimum absolute atomic E-state index is 1.10. The van der Waals surface area contributed by atoms with Gasteiger partial charge in [0.15, 0.2) is 0 Å². The van der Waals surface area contributed by atoms with Crippen LogP contribution in [-0.2, 0) is 0 Å². The second kappa shape index (κ2) is 12.9. The average molecular weight is 737 g/mol. The molecule has 0 saturated carbocycles. The van der Waals surface area contributed by atoms with Crippen LogP contribution in [0.5, 0.6) is 0 Å². The third kappa shape index (κ3) is 4.99. The summed E-state index contributed by atoms with van der Waals surface area (Å²) >= 11 is 0. The van der Waals surface area contributed by atoms with Crippen molar-refractivity contribution in [2.75, 3.05) is 4.90 Å². The predicted octanol–water partition coefficient (Wildman–Crippen LogP) is 15.7. The van der Waals surface area contributed by atoms with E-state index in [4.69, 9.17) is 0 Å². The standard InChI is InChI=1S/C56H36N2/c1-3-14-37(15-4-1)51-34-40-17-8-10-21-45(40)47-33-30-43(36-53(47)51)57(42-29-26-39-28-31-46-44-20-9-7-16-38(44)27-32-48(46)52(39)35-42)55-25-13-23-50-49-22-11-12-24-54(49)58(56(50)55)41-18-5-2-6-19-41/h1-36H. The fraction of sp³-hybridized carbons (Fsp3) is 0. The van der Waals surface area contributed by atoms with Crippen molar-refractivity contribution in [3.63, 3.8) is 0 Å². The topological polar surface area (TPSA) is 8.17 Å². The lowest BCUT2D eigenvalue weighted by Crippen LogP contribution is -2.12. The lowest BCUT2D eigenvalue weighted by atomic mass is 9.92. The monoisotopic (exact) mass is 736 g/mol. The summed E-state index contributed by atoms with van der Waals surface area (Å²) in [7, 11) is 0. The Bertz CT molecular complexity index is 3560. The van der Waals surface area contributed by atoms with E-state index in [2.05, 4.69) is 228 Å². The molecule has 0 radical (unpaired) electrons. The molecule has 0 aliphatic carbocycles. The van der Waals surface area contributed by atoms with Crippen LogP contribution in [0.15, 0.2) is 218 Å². The van der Waals surface area contributed by atoms with Gasteiger partial charge in [-0.05, 0) is 120 Å². The van der Waals surface area contributed by atoms with E-state index < -0.39 is 0 Å². The van der Waals surface area contributed by atoms with Crippen molar-refractivity contribution in [3.05, 3.63) is 218 Å². The Morgan fingerprint density at radius 2 is 0.845 bits per heavy atom. The number of hydrogen-bond donors (Lipinski definition) is 0. The second-order valence-corrected chi connectivity index (χ2v) is 15.3. The first kappa shape index (κ1) is 32.6. The Morgan fingerprint density at radius 3 is 1.64 bits per heavy atom. The molecule has 11 aromatic carbocycles. The molecule has 12 aromatic rings. The molecule has 0 aliphatic heterocycles. The number of hydrogen-bond acceptors (Lipinski definition) is 1. The molecule has 58 heavy (non-hydrogen) atoms. The zero-order valence-corrected chi connectivity index (χ0v) is 31.7. The van der Waals surface area contributed by atoms with Gasteiger partial charge < -0.3 is 9.47 Å². The quantitative estimate of drug-likeness (QED) is 0.160.